The van der Waals surface area contributed by atoms with Gasteiger partial charge in [-0.3, -0.25) is 14.4 Å². The van der Waals surface area contributed by atoms with Gasteiger partial charge in [0.1, 0.15) is 159 Å². The Morgan fingerprint density at radius 1 is 0.323 bits per heavy atom. The van der Waals surface area contributed by atoms with Gasteiger partial charge in [-0.05, 0) is 33.1 Å². The highest BCUT2D eigenvalue weighted by atomic mass is 16.8. The van der Waals surface area contributed by atoms with Crippen LogP contribution in [-0.4, -0.2) is 381 Å². The van der Waals surface area contributed by atoms with E-state index in [1.807, 2.05) is 6.08 Å². The number of allylic oxidation sites excluding steroid dienone is 1. The van der Waals surface area contributed by atoms with Gasteiger partial charge in [0, 0.05) is 20.3 Å². The van der Waals surface area contributed by atoms with Gasteiger partial charge in [0.2, 0.25) is 17.7 Å². The molecule has 0 bridgehead atoms. The molecule has 39 nitrogen and oxygen atoms in total. The second-order valence-electron chi connectivity index (χ2n) is 35.6. The van der Waals surface area contributed by atoms with Crippen molar-refractivity contribution in [3.8, 4) is 0 Å². The van der Waals surface area contributed by atoms with Gasteiger partial charge in [-0.1, -0.05) is 219 Å². The summed E-state index contributed by atoms with van der Waals surface area (Å²) >= 11 is 0. The van der Waals surface area contributed by atoms with Crippen molar-refractivity contribution in [2.24, 2.45) is 0 Å². The minimum Gasteiger partial charge on any atom is -0.394 e. The third kappa shape index (κ3) is 34.0. The maximum Gasteiger partial charge on any atom is 0.220 e. The van der Waals surface area contributed by atoms with Crippen molar-refractivity contribution in [3.63, 3.8) is 0 Å². The number of rotatable bonds is 59. The quantitative estimate of drug-likeness (QED) is 0.0277. The van der Waals surface area contributed by atoms with Gasteiger partial charge in [0.05, 0.1) is 64.0 Å². The molecule has 0 aromatic carbocycles. The molecule has 7 saturated heterocycles. The molecule has 0 saturated carbocycles. The van der Waals surface area contributed by atoms with Crippen LogP contribution in [0.5, 0.6) is 0 Å². The molecule has 7 heterocycles. The highest BCUT2D eigenvalue weighted by Crippen LogP contribution is 2.41. The number of carbonyl (C=O) groups excluding carboxylic acids is 3. The summed E-state index contributed by atoms with van der Waals surface area (Å²) in [5, 5.41) is 224. The molecule has 7 rings (SSSR count). The van der Waals surface area contributed by atoms with Gasteiger partial charge in [-0.2, -0.15) is 0 Å². The maximum absolute atomic E-state index is 13.7. The summed E-state index contributed by atoms with van der Waals surface area (Å²) in [5.41, 5.74) is 0. The summed E-state index contributed by atoms with van der Waals surface area (Å²) in [4.78, 5) is 40.1. The lowest BCUT2D eigenvalue weighted by atomic mass is 9.93. The van der Waals surface area contributed by atoms with Crippen LogP contribution in [0, 0.1) is 0 Å². The molecular formula is C88H159N3O36. The summed E-state index contributed by atoms with van der Waals surface area (Å²) in [7, 11) is 0. The fourth-order valence-electron chi connectivity index (χ4n) is 17.5. The number of nitrogens with one attached hydrogen (secondary N) is 3. The summed E-state index contributed by atoms with van der Waals surface area (Å²) in [6, 6.07) is -4.85. The number of hydrogen-bond acceptors (Lipinski definition) is 36. The minimum atomic E-state index is -2.32. The molecule has 0 aliphatic carbocycles. The summed E-state index contributed by atoms with van der Waals surface area (Å²) in [6.45, 7) is 3.15. The summed E-state index contributed by atoms with van der Waals surface area (Å²) in [5.74, 6) is -2.14. The van der Waals surface area contributed by atoms with Crippen molar-refractivity contribution in [2.75, 3.05) is 39.6 Å². The third-order valence-electron chi connectivity index (χ3n) is 25.3. The van der Waals surface area contributed by atoms with Crippen LogP contribution in [0.2, 0.25) is 0 Å². The van der Waals surface area contributed by atoms with E-state index in [0.29, 0.717) is 12.8 Å². The van der Waals surface area contributed by atoms with E-state index >= 15 is 0 Å². The fourth-order valence-corrected chi connectivity index (χ4v) is 17.5. The molecule has 0 radical (unpaired) electrons. The van der Waals surface area contributed by atoms with Gasteiger partial charge in [0.25, 0.3) is 0 Å². The van der Waals surface area contributed by atoms with E-state index in [2.05, 4.69) is 29.8 Å². The van der Waals surface area contributed by atoms with Crippen LogP contribution in [-0.2, 0) is 80.7 Å². The molecule has 3 amide bonds. The molecule has 39 heteroatoms. The van der Waals surface area contributed by atoms with E-state index in [9.17, 15) is 111 Å². The van der Waals surface area contributed by atoms with Gasteiger partial charge in [0.15, 0.2) is 44.0 Å². The van der Waals surface area contributed by atoms with Crippen LogP contribution in [0.4, 0.5) is 0 Å². The second kappa shape index (κ2) is 59.0. The Bertz CT molecular complexity index is 3000. The molecule has 37 atom stereocenters. The van der Waals surface area contributed by atoms with Crippen molar-refractivity contribution >= 4 is 17.7 Å². The highest BCUT2D eigenvalue weighted by Gasteiger charge is 2.61. The first kappa shape index (κ1) is 111. The molecule has 22 N–H and O–H groups in total. The Balaban J connectivity index is 1.07. The normalized spacial score (nSPS) is 37.9. The van der Waals surface area contributed by atoms with Crippen LogP contribution in [0.25, 0.3) is 0 Å². The first-order valence-electron chi connectivity index (χ1n) is 47.2. The Morgan fingerprint density at radius 3 is 1.14 bits per heavy atom. The average molecular weight is 1840 g/mol. The number of aliphatic hydroxyl groups excluding tert-OH is 19. The Labute approximate surface area is 747 Å². The molecule has 14 unspecified atom stereocenters. The minimum absolute atomic E-state index is 0.152. The lowest BCUT2D eigenvalue weighted by Crippen LogP contribution is -2.72. The van der Waals surface area contributed by atoms with Crippen LogP contribution >= 0.6 is 0 Å². The fraction of sp³-hybridized carbons (Fsp3) is 0.943. The van der Waals surface area contributed by atoms with Gasteiger partial charge in [-0.25, -0.2) is 0 Å². The number of unbranched alkanes of at least 4 members (excludes halogenated alkanes) is 31. The first-order chi connectivity index (χ1) is 61.0. The van der Waals surface area contributed by atoms with Gasteiger partial charge >= 0.3 is 0 Å². The molecule has 7 aliphatic rings. The van der Waals surface area contributed by atoms with Gasteiger partial charge < -0.3 is 179 Å². The smallest absolute Gasteiger partial charge is 0.220 e. The predicted molar refractivity (Wildman–Crippen MR) is 451 cm³/mol. The van der Waals surface area contributed by atoms with Crippen LogP contribution < -0.4 is 16.0 Å². The maximum atomic E-state index is 13.7. The SMILES string of the molecule is CCCCCCCCCCCCC/C=C/[C@@H](O)[C@H](CO[C@@H]1OC(CO)[C@@H](O[C@@H]2OC(CO)[C@H](O)[C@H](O[C@@H]3OC(CO)[C@@H](O[C@@H]4OC(CO)[C@H](O)[C@H](O[C@H]5OC(CO)[C@H](O)[C@H](O)C5NC(C)=O)C4O[C@H]4OC(C)[C@@H](O)C(O)[C@@H]4O)[C@H](O[C@H]4OC(C)[C@@H](O)C(O)[C@@H]4O)C3NC(C)=O)C2O)[C@H](O)C1O)NC(=O)CCCCCCCCCCCCCCCCCCCCCCC. The molecule has 0 aromatic heterocycles. The molecule has 0 aromatic rings. The lowest BCUT2D eigenvalue weighted by Gasteiger charge is -2.53. The molecule has 127 heavy (non-hydrogen) atoms. The molecule has 0 spiro atoms. The zero-order valence-electron chi connectivity index (χ0n) is 75.2. The molecule has 7 aliphatic heterocycles. The highest BCUT2D eigenvalue weighted by molar-refractivity contribution is 5.76. The summed E-state index contributed by atoms with van der Waals surface area (Å²) in [6.07, 6.45) is -24.2. The van der Waals surface area contributed by atoms with E-state index in [0.717, 1.165) is 65.2 Å². The van der Waals surface area contributed by atoms with E-state index < -0.39 is 278 Å². The largest absolute Gasteiger partial charge is 0.394 e. The zero-order valence-corrected chi connectivity index (χ0v) is 75.2. The summed E-state index contributed by atoms with van der Waals surface area (Å²) < 4.78 is 86.3. The number of aliphatic hydroxyl groups is 19. The Hall–Kier alpha value is -3.17. The standard InChI is InChI=1S/C88H159N3O36/c1-7-9-11-13-15-17-19-21-22-23-24-25-26-27-28-30-32-34-36-38-40-42-60(100)91-53(54(99)41-39-37-35-33-31-29-20-18-16-14-12-10-8-2)48-114-84-74(112)71(109)76(58(46-95)121-84)122-87-75(113)79(66(104)56(44-93)118-87)125-83-62(90-52(6)98)78(124-85-72(110)69(107)63(101)49(3)115-85)77(59(47-96)120-83)123-88-81(127-86-73(111)70(108)64(102)50(4)116-86)80(67(105)57(45-94)119-88)126-82-61(89-51(5)97)68(106)65(103)55(43-92)117-82/h39,41,49-50,53-59,61-88,92-96,99,101-113H,7-38,40,42-48H2,1-6H3,(H,89,97)(H,90,98)(H,91,100)/b41-39+/t49?,50?,53-,54+,55?,56?,57?,58?,59?,61?,62?,63+,64+,65-,66-,67-,68+,69?,70?,71+,72-,73-,74?,75?,76+,77+,78+,79-,80-,81?,82+,83-,84+,85+,86+,87-,88-/m0/s1. The van der Waals surface area contributed by atoms with Crippen molar-refractivity contribution in [1.82, 2.24) is 16.0 Å². The monoisotopic (exact) mass is 1830 g/mol. The number of carbonyl (C=O) groups is 3. The second-order valence-corrected chi connectivity index (χ2v) is 35.6. The number of amides is 3. The van der Waals surface area contributed by atoms with E-state index in [-0.39, 0.29) is 12.3 Å². The predicted octanol–water partition coefficient (Wildman–Crippen LogP) is -0.204. The molecule has 7 fully saturated rings. The van der Waals surface area contributed by atoms with Crippen molar-refractivity contribution < 1.29 is 178 Å². The van der Waals surface area contributed by atoms with E-state index in [4.69, 9.17) is 66.3 Å². The zero-order chi connectivity index (χ0) is 92.8. The average Bonchev–Trinajstić information content (AvgIpc) is 0.748. The number of ether oxygens (including phenoxy) is 14. The van der Waals surface area contributed by atoms with Crippen LogP contribution in [0.15, 0.2) is 12.2 Å². The first-order valence-corrected chi connectivity index (χ1v) is 47.2. The van der Waals surface area contributed by atoms with Crippen molar-refractivity contribution in [3.05, 3.63) is 12.2 Å². The number of hydrogen-bond donors (Lipinski definition) is 22. The Kier molecular flexibility index (Phi) is 51.5. The molecular weight excluding hydrogens is 1670 g/mol. The van der Waals surface area contributed by atoms with Gasteiger partial charge in [-0.15, -0.1) is 0 Å². The van der Waals surface area contributed by atoms with Crippen LogP contribution in [0.1, 0.15) is 260 Å². The topological polar surface area (TPSA) is 601 Å². The lowest BCUT2D eigenvalue weighted by molar-refractivity contribution is -0.409. The van der Waals surface area contributed by atoms with E-state index in [1.54, 1.807) is 6.08 Å². The van der Waals surface area contributed by atoms with E-state index in [1.165, 1.54) is 162 Å². The van der Waals surface area contributed by atoms with Crippen LogP contribution in [0.3, 0.4) is 0 Å². The third-order valence-corrected chi connectivity index (χ3v) is 25.3. The Morgan fingerprint density at radius 2 is 0.669 bits per heavy atom. The van der Waals surface area contributed by atoms with Crippen molar-refractivity contribution in [1.29, 1.82) is 0 Å². The van der Waals surface area contributed by atoms with Crippen molar-refractivity contribution in [2.45, 2.75) is 487 Å². The molecule has 742 valence electrons.